The molecular weight excluding hydrogens is 407 g/mol. The van der Waals surface area contributed by atoms with Crippen LogP contribution in [0.5, 0.6) is 0 Å². The van der Waals surface area contributed by atoms with Crippen molar-refractivity contribution in [3.05, 3.63) is 58.8 Å². The lowest BCUT2D eigenvalue weighted by Crippen LogP contribution is -2.08. The van der Waals surface area contributed by atoms with Gasteiger partial charge in [0, 0.05) is 24.4 Å². The van der Waals surface area contributed by atoms with Crippen molar-refractivity contribution in [2.24, 2.45) is 0 Å². The third-order valence-electron chi connectivity index (χ3n) is 3.47. The quantitative estimate of drug-likeness (QED) is 0.440. The average Bonchev–Trinajstić information content (AvgIpc) is 3.05. The van der Waals surface area contributed by atoms with E-state index in [0.29, 0.717) is 11.8 Å². The molecule has 0 aliphatic carbocycles. The highest BCUT2D eigenvalue weighted by Gasteiger charge is 2.13. The van der Waals surface area contributed by atoms with Crippen LogP contribution in [0.3, 0.4) is 0 Å². The second-order valence-corrected chi connectivity index (χ2v) is 5.98. The fourth-order valence-corrected chi connectivity index (χ4v) is 2.42. The van der Waals surface area contributed by atoms with E-state index >= 15 is 0 Å². The molecule has 0 atom stereocenters. The van der Waals surface area contributed by atoms with E-state index in [1.807, 2.05) is 0 Å². The molecule has 3 rings (SSSR count). The molecule has 148 valence electrons. The van der Waals surface area contributed by atoms with Crippen LogP contribution in [0.15, 0.2) is 30.7 Å². The Morgan fingerprint density at radius 1 is 1.14 bits per heavy atom. The van der Waals surface area contributed by atoms with E-state index in [1.165, 1.54) is 18.6 Å². The van der Waals surface area contributed by atoms with Crippen molar-refractivity contribution in [1.29, 1.82) is 0 Å². The number of aromatic nitrogens is 4. The molecular formula is C16H12ClF5N6. The van der Waals surface area contributed by atoms with E-state index in [2.05, 4.69) is 25.7 Å². The number of rotatable bonds is 7. The zero-order chi connectivity index (χ0) is 20.3. The minimum absolute atomic E-state index is 0.0504. The van der Waals surface area contributed by atoms with E-state index in [-0.39, 0.29) is 28.9 Å². The van der Waals surface area contributed by atoms with E-state index in [0.717, 1.165) is 10.7 Å². The van der Waals surface area contributed by atoms with Crippen molar-refractivity contribution in [3.63, 3.8) is 0 Å². The Balaban J connectivity index is 1.72. The molecule has 0 aliphatic heterocycles. The second-order valence-electron chi connectivity index (χ2n) is 5.57. The SMILES string of the molecule is Fc1cc(F)c(F)c(CNc2nc(Nc3cnn(CC(F)F)c3)ncc2Cl)c1. The molecule has 3 aromatic rings. The summed E-state index contributed by atoms with van der Waals surface area (Å²) in [6.45, 7) is -0.852. The lowest BCUT2D eigenvalue weighted by atomic mass is 10.2. The monoisotopic (exact) mass is 418 g/mol. The van der Waals surface area contributed by atoms with E-state index in [4.69, 9.17) is 11.6 Å². The van der Waals surface area contributed by atoms with Gasteiger partial charge in [-0.05, 0) is 6.07 Å². The fourth-order valence-electron chi connectivity index (χ4n) is 2.27. The van der Waals surface area contributed by atoms with Crippen molar-refractivity contribution in [2.45, 2.75) is 19.5 Å². The van der Waals surface area contributed by atoms with Crippen LogP contribution in [0.1, 0.15) is 5.56 Å². The lowest BCUT2D eigenvalue weighted by Gasteiger charge is -2.10. The fraction of sp³-hybridized carbons (Fsp3) is 0.188. The molecule has 0 aliphatic rings. The first kappa shape index (κ1) is 19.8. The van der Waals surface area contributed by atoms with Gasteiger partial charge in [-0.2, -0.15) is 10.1 Å². The smallest absolute Gasteiger partial charge is 0.257 e. The summed E-state index contributed by atoms with van der Waals surface area (Å²) < 4.78 is 66.0. The van der Waals surface area contributed by atoms with Crippen LogP contribution < -0.4 is 10.6 Å². The van der Waals surface area contributed by atoms with Gasteiger partial charge < -0.3 is 10.6 Å². The largest absolute Gasteiger partial charge is 0.364 e. The number of halogens is 6. The predicted octanol–water partition coefficient (Wildman–Crippen LogP) is 4.36. The highest BCUT2D eigenvalue weighted by molar-refractivity contribution is 6.32. The highest BCUT2D eigenvalue weighted by atomic mass is 35.5. The summed E-state index contributed by atoms with van der Waals surface area (Å²) in [5.41, 5.74) is 0.0992. The summed E-state index contributed by atoms with van der Waals surface area (Å²) in [5, 5.41) is 9.25. The molecule has 1 aromatic carbocycles. The van der Waals surface area contributed by atoms with E-state index in [9.17, 15) is 22.0 Å². The van der Waals surface area contributed by atoms with Crippen LogP contribution in [0.4, 0.5) is 39.4 Å². The molecule has 0 fully saturated rings. The Kier molecular flexibility index (Phi) is 5.93. The summed E-state index contributed by atoms with van der Waals surface area (Å²) in [5.74, 6) is -3.30. The molecule has 0 spiro atoms. The number of hydrogen-bond donors (Lipinski definition) is 2. The first-order valence-electron chi connectivity index (χ1n) is 7.79. The maximum absolute atomic E-state index is 13.7. The van der Waals surface area contributed by atoms with Gasteiger partial charge in [0.15, 0.2) is 17.5 Å². The molecule has 28 heavy (non-hydrogen) atoms. The lowest BCUT2D eigenvalue weighted by molar-refractivity contribution is 0.122. The van der Waals surface area contributed by atoms with Crippen LogP contribution in [0.2, 0.25) is 5.02 Å². The zero-order valence-corrected chi connectivity index (χ0v) is 14.7. The Bertz CT molecular complexity index is 980. The number of nitrogens with zero attached hydrogens (tertiary/aromatic N) is 4. The van der Waals surface area contributed by atoms with Gasteiger partial charge in [0.05, 0.1) is 18.1 Å². The van der Waals surface area contributed by atoms with Crippen molar-refractivity contribution >= 4 is 29.1 Å². The van der Waals surface area contributed by atoms with Gasteiger partial charge in [0.1, 0.15) is 17.4 Å². The van der Waals surface area contributed by atoms with Gasteiger partial charge in [-0.1, -0.05) is 11.6 Å². The topological polar surface area (TPSA) is 67.7 Å². The standard InChI is InChI=1S/C16H12ClF5N6/c17-11-5-24-16(26-10-4-25-28(6-10)7-13(20)21)27-15(11)23-3-8-1-9(18)2-12(19)14(8)22/h1-2,4-6,13H,3,7H2,(H2,23,24,26,27). The third kappa shape index (κ3) is 4.85. The Hall–Kier alpha value is -2.95. The minimum atomic E-state index is -2.55. The number of anilines is 3. The van der Waals surface area contributed by atoms with Gasteiger partial charge in [0.25, 0.3) is 6.43 Å². The number of nitrogens with one attached hydrogen (secondary N) is 2. The second kappa shape index (κ2) is 8.38. The Morgan fingerprint density at radius 3 is 2.68 bits per heavy atom. The molecule has 0 saturated heterocycles. The van der Waals surface area contributed by atoms with Gasteiger partial charge in [-0.3, -0.25) is 4.68 Å². The van der Waals surface area contributed by atoms with Crippen LogP contribution in [0.25, 0.3) is 0 Å². The Morgan fingerprint density at radius 2 is 1.93 bits per heavy atom. The minimum Gasteiger partial charge on any atom is -0.364 e. The summed E-state index contributed by atoms with van der Waals surface area (Å²) in [4.78, 5) is 8.00. The normalized spacial score (nSPS) is 11.1. The third-order valence-corrected chi connectivity index (χ3v) is 3.75. The van der Waals surface area contributed by atoms with Gasteiger partial charge in [0.2, 0.25) is 5.95 Å². The summed E-state index contributed by atoms with van der Waals surface area (Å²) >= 11 is 5.97. The summed E-state index contributed by atoms with van der Waals surface area (Å²) in [6, 6.07) is 1.28. The van der Waals surface area contributed by atoms with Gasteiger partial charge in [-0.15, -0.1) is 0 Å². The number of hydrogen-bond acceptors (Lipinski definition) is 5. The van der Waals surface area contributed by atoms with Crippen molar-refractivity contribution in [1.82, 2.24) is 19.7 Å². The predicted molar refractivity (Wildman–Crippen MR) is 92.2 cm³/mol. The molecule has 2 heterocycles. The molecule has 0 radical (unpaired) electrons. The molecule has 0 bridgehead atoms. The first-order chi connectivity index (χ1) is 13.3. The molecule has 0 amide bonds. The average molecular weight is 419 g/mol. The molecule has 2 aromatic heterocycles. The maximum Gasteiger partial charge on any atom is 0.257 e. The van der Waals surface area contributed by atoms with Crippen LogP contribution in [0, 0.1) is 17.5 Å². The first-order valence-corrected chi connectivity index (χ1v) is 8.17. The molecule has 6 nitrogen and oxygen atoms in total. The van der Waals surface area contributed by atoms with Crippen molar-refractivity contribution in [3.8, 4) is 0 Å². The molecule has 2 N–H and O–H groups in total. The Labute approximate surface area is 160 Å². The van der Waals surface area contributed by atoms with Crippen LogP contribution >= 0.6 is 11.6 Å². The molecule has 0 unspecified atom stereocenters. The molecule has 0 saturated carbocycles. The van der Waals surface area contributed by atoms with Crippen LogP contribution in [-0.2, 0) is 13.1 Å². The van der Waals surface area contributed by atoms with Crippen molar-refractivity contribution in [2.75, 3.05) is 10.6 Å². The van der Waals surface area contributed by atoms with Crippen LogP contribution in [-0.4, -0.2) is 26.2 Å². The maximum atomic E-state index is 13.7. The van der Waals surface area contributed by atoms with E-state index in [1.54, 1.807) is 0 Å². The molecule has 12 heteroatoms. The van der Waals surface area contributed by atoms with E-state index < -0.39 is 30.4 Å². The highest BCUT2D eigenvalue weighted by Crippen LogP contribution is 2.23. The summed E-state index contributed by atoms with van der Waals surface area (Å²) in [7, 11) is 0. The zero-order valence-electron chi connectivity index (χ0n) is 13.9. The number of alkyl halides is 2. The van der Waals surface area contributed by atoms with Crippen molar-refractivity contribution < 1.29 is 22.0 Å². The number of benzene rings is 1. The van der Waals surface area contributed by atoms with Gasteiger partial charge in [-0.25, -0.2) is 26.9 Å². The summed E-state index contributed by atoms with van der Waals surface area (Å²) in [6.07, 6.45) is 1.33. The van der Waals surface area contributed by atoms with Gasteiger partial charge >= 0.3 is 0 Å².